The van der Waals surface area contributed by atoms with E-state index >= 15 is 0 Å². The minimum Gasteiger partial charge on any atom is -0.349 e. The topological polar surface area (TPSA) is 50.2 Å². The van der Waals surface area contributed by atoms with Gasteiger partial charge in [-0.15, -0.1) is 11.3 Å². The number of nitrogens with zero attached hydrogens (tertiary/aromatic N) is 3. The van der Waals surface area contributed by atoms with Gasteiger partial charge >= 0.3 is 0 Å². The Balaban J connectivity index is 1.54. The van der Waals surface area contributed by atoms with Gasteiger partial charge in [-0.3, -0.25) is 4.79 Å². The third-order valence-electron chi connectivity index (χ3n) is 4.93. The van der Waals surface area contributed by atoms with Crippen LogP contribution in [0.4, 0.5) is 0 Å². The van der Waals surface area contributed by atoms with Gasteiger partial charge in [-0.05, 0) is 61.6 Å². The maximum absolute atomic E-state index is 12.9. The van der Waals surface area contributed by atoms with E-state index < -0.39 is 0 Å². The van der Waals surface area contributed by atoms with Crippen LogP contribution in [0, 0.1) is 0 Å². The second-order valence-electron chi connectivity index (χ2n) is 6.94. The van der Waals surface area contributed by atoms with E-state index in [4.69, 9.17) is 11.6 Å². The van der Waals surface area contributed by atoms with Gasteiger partial charge in [0.15, 0.2) is 0 Å². The fraction of sp³-hybridized carbons (Fsp3) is 0.333. The molecule has 4 rings (SSSR count). The Morgan fingerprint density at radius 3 is 2.75 bits per heavy atom. The van der Waals surface area contributed by atoms with Gasteiger partial charge in [-0.25, -0.2) is 4.68 Å². The molecule has 1 amide bonds. The van der Waals surface area contributed by atoms with E-state index in [1.54, 1.807) is 16.0 Å². The highest BCUT2D eigenvalue weighted by atomic mass is 35.5. The first-order valence-electron chi connectivity index (χ1n) is 9.61. The Morgan fingerprint density at radius 1 is 1.14 bits per heavy atom. The first-order valence-corrected chi connectivity index (χ1v) is 10.9. The van der Waals surface area contributed by atoms with Crippen LogP contribution in [-0.4, -0.2) is 46.8 Å². The van der Waals surface area contributed by atoms with Crippen molar-refractivity contribution >= 4 is 28.8 Å². The molecule has 1 aliphatic rings. The molecule has 0 saturated carbocycles. The fourth-order valence-electron chi connectivity index (χ4n) is 3.49. The summed E-state index contributed by atoms with van der Waals surface area (Å²) in [7, 11) is 0. The lowest BCUT2D eigenvalue weighted by Gasteiger charge is -2.26. The predicted octanol–water partition coefficient (Wildman–Crippen LogP) is 4.47. The van der Waals surface area contributed by atoms with Crippen LogP contribution < -0.4 is 5.32 Å². The van der Waals surface area contributed by atoms with Crippen molar-refractivity contribution in [3.63, 3.8) is 0 Å². The minimum atomic E-state index is -0.118. The van der Waals surface area contributed by atoms with Crippen LogP contribution in [0.25, 0.3) is 16.3 Å². The van der Waals surface area contributed by atoms with Crippen molar-refractivity contribution in [1.29, 1.82) is 0 Å². The molecule has 1 N–H and O–H groups in total. The number of halogens is 1. The lowest BCUT2D eigenvalue weighted by Crippen LogP contribution is -2.38. The van der Waals surface area contributed by atoms with Gasteiger partial charge in [-0.2, -0.15) is 5.10 Å². The van der Waals surface area contributed by atoms with Crippen molar-refractivity contribution in [2.45, 2.75) is 19.3 Å². The molecule has 1 aromatic carbocycles. The van der Waals surface area contributed by atoms with E-state index in [9.17, 15) is 4.79 Å². The standard InChI is InChI=1S/C21H23ClN4OS/c22-16-6-4-7-17(14-16)26-19(15-18(24-26)20-8-5-13-28-20)21(27)23-9-12-25-10-2-1-3-11-25/h4-8,13-15H,1-3,9-12H2,(H,23,27). The third-order valence-corrected chi connectivity index (χ3v) is 6.06. The summed E-state index contributed by atoms with van der Waals surface area (Å²) >= 11 is 7.76. The SMILES string of the molecule is O=C(NCCN1CCCCC1)c1cc(-c2cccs2)nn1-c1cccc(Cl)c1. The van der Waals surface area contributed by atoms with Crippen molar-refractivity contribution < 1.29 is 4.79 Å². The first-order chi connectivity index (χ1) is 13.7. The second-order valence-corrected chi connectivity index (χ2v) is 8.33. The normalized spacial score (nSPS) is 14.9. The smallest absolute Gasteiger partial charge is 0.270 e. The average molecular weight is 415 g/mol. The Bertz CT molecular complexity index is 932. The van der Waals surface area contributed by atoms with Crippen LogP contribution >= 0.6 is 22.9 Å². The van der Waals surface area contributed by atoms with Crippen molar-refractivity contribution in [2.24, 2.45) is 0 Å². The molecule has 0 radical (unpaired) electrons. The molecule has 0 atom stereocenters. The number of aromatic nitrogens is 2. The molecule has 0 bridgehead atoms. The van der Waals surface area contributed by atoms with Gasteiger partial charge in [-0.1, -0.05) is 30.2 Å². The number of thiophene rings is 1. The molecule has 2 aromatic heterocycles. The predicted molar refractivity (Wildman–Crippen MR) is 115 cm³/mol. The van der Waals surface area contributed by atoms with Gasteiger partial charge in [0.25, 0.3) is 5.91 Å². The molecule has 1 fully saturated rings. The molecule has 146 valence electrons. The molecule has 7 heteroatoms. The quantitative estimate of drug-likeness (QED) is 0.647. The van der Waals surface area contributed by atoms with Crippen molar-refractivity contribution in [3.8, 4) is 16.3 Å². The summed E-state index contributed by atoms with van der Waals surface area (Å²) in [6.45, 7) is 3.76. The largest absolute Gasteiger partial charge is 0.349 e. The van der Waals surface area contributed by atoms with E-state index in [2.05, 4.69) is 15.3 Å². The summed E-state index contributed by atoms with van der Waals surface area (Å²) < 4.78 is 1.68. The number of nitrogens with one attached hydrogen (secondary N) is 1. The molecular formula is C21H23ClN4OS. The number of benzene rings is 1. The molecule has 1 aliphatic heterocycles. The Hall–Kier alpha value is -2.15. The van der Waals surface area contributed by atoms with Gasteiger partial charge < -0.3 is 10.2 Å². The van der Waals surface area contributed by atoms with Gasteiger partial charge in [0.1, 0.15) is 11.4 Å². The fourth-order valence-corrected chi connectivity index (χ4v) is 4.36. The second kappa shape index (κ2) is 8.90. The van der Waals surface area contributed by atoms with Crippen LogP contribution in [0.1, 0.15) is 29.8 Å². The number of piperidine rings is 1. The zero-order valence-corrected chi connectivity index (χ0v) is 17.2. The van der Waals surface area contributed by atoms with Crippen molar-refractivity contribution in [1.82, 2.24) is 20.0 Å². The summed E-state index contributed by atoms with van der Waals surface area (Å²) in [5.74, 6) is -0.118. The van der Waals surface area contributed by atoms with Gasteiger partial charge in [0.05, 0.1) is 10.6 Å². The number of amides is 1. The summed E-state index contributed by atoms with van der Waals surface area (Å²) in [6.07, 6.45) is 3.81. The highest BCUT2D eigenvalue weighted by Crippen LogP contribution is 2.26. The highest BCUT2D eigenvalue weighted by molar-refractivity contribution is 7.13. The molecule has 0 spiro atoms. The third kappa shape index (κ3) is 4.46. The van der Waals surface area contributed by atoms with Crippen molar-refractivity contribution in [3.05, 3.63) is 58.6 Å². The van der Waals surface area contributed by atoms with E-state index in [0.29, 0.717) is 17.3 Å². The molecular weight excluding hydrogens is 392 g/mol. The number of carbonyl (C=O) groups excluding carboxylic acids is 1. The van der Waals surface area contributed by atoms with Crippen LogP contribution in [0.15, 0.2) is 47.8 Å². The molecule has 1 saturated heterocycles. The number of carbonyl (C=O) groups is 1. The molecule has 28 heavy (non-hydrogen) atoms. The molecule has 3 aromatic rings. The lowest BCUT2D eigenvalue weighted by atomic mass is 10.1. The number of hydrogen-bond donors (Lipinski definition) is 1. The van der Waals surface area contributed by atoms with E-state index in [0.717, 1.165) is 35.9 Å². The summed E-state index contributed by atoms with van der Waals surface area (Å²) in [5.41, 5.74) is 2.08. The Kier molecular flexibility index (Phi) is 6.10. The molecule has 5 nitrogen and oxygen atoms in total. The summed E-state index contributed by atoms with van der Waals surface area (Å²) in [6, 6.07) is 13.2. The van der Waals surface area contributed by atoms with Crippen LogP contribution in [-0.2, 0) is 0 Å². The monoisotopic (exact) mass is 414 g/mol. The van der Waals surface area contributed by atoms with Crippen LogP contribution in [0.5, 0.6) is 0 Å². The summed E-state index contributed by atoms with van der Waals surface area (Å²) in [4.78, 5) is 16.4. The van der Waals surface area contributed by atoms with Crippen LogP contribution in [0.2, 0.25) is 5.02 Å². The maximum Gasteiger partial charge on any atom is 0.270 e. The van der Waals surface area contributed by atoms with Crippen LogP contribution in [0.3, 0.4) is 0 Å². The van der Waals surface area contributed by atoms with Crippen molar-refractivity contribution in [2.75, 3.05) is 26.2 Å². The van der Waals surface area contributed by atoms with E-state index in [-0.39, 0.29) is 5.91 Å². The Labute approximate surface area is 173 Å². The molecule has 3 heterocycles. The van der Waals surface area contributed by atoms with Gasteiger partial charge in [0, 0.05) is 18.1 Å². The maximum atomic E-state index is 12.9. The Morgan fingerprint density at radius 2 is 2.00 bits per heavy atom. The van der Waals surface area contributed by atoms with E-state index in [1.165, 1.54) is 19.3 Å². The summed E-state index contributed by atoms with van der Waals surface area (Å²) in [5, 5.41) is 10.4. The lowest BCUT2D eigenvalue weighted by molar-refractivity contribution is 0.0939. The zero-order chi connectivity index (χ0) is 19.3. The molecule has 0 unspecified atom stereocenters. The van der Waals surface area contributed by atoms with E-state index in [1.807, 2.05) is 47.8 Å². The number of rotatable bonds is 6. The zero-order valence-electron chi connectivity index (χ0n) is 15.6. The van der Waals surface area contributed by atoms with Gasteiger partial charge in [0.2, 0.25) is 0 Å². The number of hydrogen-bond acceptors (Lipinski definition) is 4. The first kappa shape index (κ1) is 19.2. The number of likely N-dealkylation sites (tertiary alicyclic amines) is 1. The minimum absolute atomic E-state index is 0.118. The average Bonchev–Trinajstić information content (AvgIpc) is 3.38. The molecule has 0 aliphatic carbocycles. The highest BCUT2D eigenvalue weighted by Gasteiger charge is 2.18.